The molecule has 0 aliphatic carbocycles. The molecule has 2 rings (SSSR count). The van der Waals surface area contributed by atoms with Crippen LogP contribution in [0.3, 0.4) is 0 Å². The number of nitrogens with one attached hydrogen (secondary N) is 1. The second kappa shape index (κ2) is 7.90. The molecule has 0 saturated carbocycles. The molecule has 1 atom stereocenters. The van der Waals surface area contributed by atoms with Crippen LogP contribution in [0.15, 0.2) is 22.7 Å². The number of halogens is 2. The first kappa shape index (κ1) is 16.4. The minimum absolute atomic E-state index is 0.155. The molecule has 0 radical (unpaired) electrons. The molecule has 1 unspecified atom stereocenters. The second-order valence-electron chi connectivity index (χ2n) is 5.52. The van der Waals surface area contributed by atoms with Crippen molar-refractivity contribution in [3.05, 3.63) is 34.1 Å². The lowest BCUT2D eigenvalue weighted by molar-refractivity contribution is 0.0727. The minimum atomic E-state index is -0.466. The van der Waals surface area contributed by atoms with Crippen molar-refractivity contribution in [2.24, 2.45) is 0 Å². The number of rotatable bonds is 5. The molecular formula is C16H22BrFN2O. The van der Waals surface area contributed by atoms with E-state index in [1.54, 1.807) is 17.0 Å². The van der Waals surface area contributed by atoms with E-state index in [0.717, 1.165) is 19.4 Å². The van der Waals surface area contributed by atoms with Crippen molar-refractivity contribution in [2.75, 3.05) is 19.6 Å². The van der Waals surface area contributed by atoms with Crippen molar-refractivity contribution < 1.29 is 9.18 Å². The second-order valence-corrected chi connectivity index (χ2v) is 6.44. The van der Waals surface area contributed by atoms with E-state index in [1.807, 2.05) is 6.92 Å². The third-order valence-corrected chi connectivity index (χ3v) is 4.29. The van der Waals surface area contributed by atoms with Crippen LogP contribution in [0.1, 0.15) is 43.0 Å². The molecule has 1 aliphatic heterocycles. The molecule has 116 valence electrons. The van der Waals surface area contributed by atoms with E-state index < -0.39 is 5.82 Å². The maximum atomic E-state index is 14.0. The summed E-state index contributed by atoms with van der Waals surface area (Å²) in [7, 11) is 0. The van der Waals surface area contributed by atoms with Gasteiger partial charge in [0.05, 0.1) is 5.56 Å². The van der Waals surface area contributed by atoms with Crippen molar-refractivity contribution in [2.45, 2.75) is 38.6 Å². The fourth-order valence-electron chi connectivity index (χ4n) is 2.72. The predicted molar refractivity (Wildman–Crippen MR) is 85.9 cm³/mol. The number of benzene rings is 1. The Morgan fingerprint density at radius 2 is 2.29 bits per heavy atom. The number of hydrogen-bond donors (Lipinski definition) is 1. The number of carbonyl (C=O) groups excluding carboxylic acids is 1. The number of carbonyl (C=O) groups is 1. The van der Waals surface area contributed by atoms with E-state index >= 15 is 0 Å². The molecule has 1 aliphatic rings. The van der Waals surface area contributed by atoms with Gasteiger partial charge in [0.15, 0.2) is 0 Å². The summed E-state index contributed by atoms with van der Waals surface area (Å²) in [6, 6.07) is 4.93. The van der Waals surface area contributed by atoms with Gasteiger partial charge in [0, 0.05) is 23.6 Å². The Balaban J connectivity index is 2.10. The molecule has 0 spiro atoms. The quantitative estimate of drug-likeness (QED) is 0.874. The van der Waals surface area contributed by atoms with Crippen LogP contribution >= 0.6 is 15.9 Å². The molecule has 3 nitrogen and oxygen atoms in total. The van der Waals surface area contributed by atoms with Gasteiger partial charge in [-0.1, -0.05) is 29.3 Å². The first-order chi connectivity index (χ1) is 10.1. The highest BCUT2D eigenvalue weighted by Gasteiger charge is 2.23. The Morgan fingerprint density at radius 1 is 1.48 bits per heavy atom. The molecule has 1 fully saturated rings. The lowest BCUT2D eigenvalue weighted by atomic mass is 10.0. The van der Waals surface area contributed by atoms with Crippen LogP contribution in [0.4, 0.5) is 4.39 Å². The number of hydrogen-bond acceptors (Lipinski definition) is 2. The molecule has 1 aromatic carbocycles. The zero-order valence-electron chi connectivity index (χ0n) is 12.4. The maximum absolute atomic E-state index is 14.0. The fourth-order valence-corrected chi connectivity index (χ4v) is 3.06. The van der Waals surface area contributed by atoms with E-state index in [0.29, 0.717) is 23.6 Å². The first-order valence-corrected chi connectivity index (χ1v) is 8.39. The lowest BCUT2D eigenvalue weighted by Crippen LogP contribution is -2.46. The summed E-state index contributed by atoms with van der Waals surface area (Å²) in [5.41, 5.74) is 0.155. The summed E-state index contributed by atoms with van der Waals surface area (Å²) < 4.78 is 14.6. The summed E-state index contributed by atoms with van der Waals surface area (Å²) in [6.07, 6.45) is 4.34. The topological polar surface area (TPSA) is 32.3 Å². The first-order valence-electron chi connectivity index (χ1n) is 7.59. The zero-order chi connectivity index (χ0) is 15.2. The molecule has 1 N–H and O–H groups in total. The fraction of sp³-hybridized carbons (Fsp3) is 0.562. The minimum Gasteiger partial charge on any atom is -0.337 e. The standard InChI is InChI=1S/C16H22BrFN2O/c1-2-9-20(11-13-5-3-4-8-19-13)16(21)14-7-6-12(17)10-15(14)18/h6-7,10,13,19H,2-5,8-9,11H2,1H3. The summed E-state index contributed by atoms with van der Waals surface area (Å²) in [4.78, 5) is 14.4. The van der Waals surface area contributed by atoms with Crippen LogP contribution in [0.2, 0.25) is 0 Å². The Morgan fingerprint density at radius 3 is 2.90 bits per heavy atom. The van der Waals surface area contributed by atoms with Gasteiger partial charge < -0.3 is 10.2 Å². The third-order valence-electron chi connectivity index (χ3n) is 3.80. The van der Waals surface area contributed by atoms with E-state index in [-0.39, 0.29) is 11.5 Å². The van der Waals surface area contributed by atoms with E-state index in [4.69, 9.17) is 0 Å². The molecular weight excluding hydrogens is 335 g/mol. The number of piperidine rings is 1. The van der Waals surface area contributed by atoms with E-state index in [2.05, 4.69) is 21.2 Å². The third kappa shape index (κ3) is 4.51. The summed E-state index contributed by atoms with van der Waals surface area (Å²) >= 11 is 3.22. The van der Waals surface area contributed by atoms with Crippen LogP contribution in [0.25, 0.3) is 0 Å². The van der Waals surface area contributed by atoms with Gasteiger partial charge in [0.25, 0.3) is 5.91 Å². The van der Waals surface area contributed by atoms with Crippen molar-refractivity contribution in [1.29, 1.82) is 0 Å². The van der Waals surface area contributed by atoms with Crippen LogP contribution in [-0.4, -0.2) is 36.5 Å². The Labute approximate surface area is 134 Å². The number of nitrogens with zero attached hydrogens (tertiary/aromatic N) is 1. The van der Waals surface area contributed by atoms with Crippen molar-refractivity contribution >= 4 is 21.8 Å². The Kier molecular flexibility index (Phi) is 6.18. The average Bonchev–Trinajstić information content (AvgIpc) is 2.47. The smallest absolute Gasteiger partial charge is 0.256 e. The van der Waals surface area contributed by atoms with Gasteiger partial charge in [0.1, 0.15) is 5.82 Å². The van der Waals surface area contributed by atoms with E-state index in [9.17, 15) is 9.18 Å². The molecule has 1 heterocycles. The van der Waals surface area contributed by atoms with Crippen molar-refractivity contribution in [3.63, 3.8) is 0 Å². The zero-order valence-corrected chi connectivity index (χ0v) is 14.0. The highest BCUT2D eigenvalue weighted by Crippen LogP contribution is 2.18. The van der Waals surface area contributed by atoms with Gasteiger partial charge in [-0.15, -0.1) is 0 Å². The molecule has 5 heteroatoms. The molecule has 1 saturated heterocycles. The Bertz CT molecular complexity index is 489. The summed E-state index contributed by atoms with van der Waals surface area (Å²) in [6.45, 7) is 4.35. The van der Waals surface area contributed by atoms with Crippen LogP contribution in [0, 0.1) is 5.82 Å². The normalized spacial score (nSPS) is 18.5. The largest absolute Gasteiger partial charge is 0.337 e. The molecule has 0 bridgehead atoms. The number of amides is 1. The summed E-state index contributed by atoms with van der Waals surface area (Å²) in [5.74, 6) is -0.679. The SMILES string of the molecule is CCCN(CC1CCCCN1)C(=O)c1ccc(Br)cc1F. The van der Waals surface area contributed by atoms with Gasteiger partial charge in [-0.2, -0.15) is 0 Å². The lowest BCUT2D eigenvalue weighted by Gasteiger charge is -2.30. The monoisotopic (exact) mass is 356 g/mol. The van der Waals surface area contributed by atoms with Gasteiger partial charge in [0.2, 0.25) is 0 Å². The molecule has 0 aromatic heterocycles. The van der Waals surface area contributed by atoms with Crippen molar-refractivity contribution in [1.82, 2.24) is 10.2 Å². The predicted octanol–water partition coefficient (Wildman–Crippen LogP) is 3.58. The van der Waals surface area contributed by atoms with Gasteiger partial charge in [-0.25, -0.2) is 4.39 Å². The highest BCUT2D eigenvalue weighted by atomic mass is 79.9. The molecule has 21 heavy (non-hydrogen) atoms. The maximum Gasteiger partial charge on any atom is 0.256 e. The highest BCUT2D eigenvalue weighted by molar-refractivity contribution is 9.10. The average molecular weight is 357 g/mol. The molecule has 1 amide bonds. The van der Waals surface area contributed by atoms with Crippen molar-refractivity contribution in [3.8, 4) is 0 Å². The van der Waals surface area contributed by atoms with Gasteiger partial charge in [-0.3, -0.25) is 4.79 Å². The van der Waals surface area contributed by atoms with Gasteiger partial charge in [-0.05, 0) is 44.0 Å². The summed E-state index contributed by atoms with van der Waals surface area (Å²) in [5, 5.41) is 3.44. The van der Waals surface area contributed by atoms with E-state index in [1.165, 1.54) is 18.9 Å². The van der Waals surface area contributed by atoms with Crippen LogP contribution in [-0.2, 0) is 0 Å². The molecule has 1 aromatic rings. The van der Waals surface area contributed by atoms with Crippen LogP contribution in [0.5, 0.6) is 0 Å². The van der Waals surface area contributed by atoms with Gasteiger partial charge >= 0.3 is 0 Å². The van der Waals surface area contributed by atoms with Crippen LogP contribution < -0.4 is 5.32 Å². The Hall–Kier alpha value is -0.940.